The van der Waals surface area contributed by atoms with Crippen LogP contribution in [0.15, 0.2) is 138 Å². The summed E-state index contributed by atoms with van der Waals surface area (Å²) in [6, 6.07) is 48.6. The number of benzene rings is 4. The van der Waals surface area contributed by atoms with Crippen molar-refractivity contribution in [3.05, 3.63) is 191 Å². The molecule has 0 N–H and O–H groups in total. The number of imidazole rings is 1. The third-order valence-electron chi connectivity index (χ3n) is 12.7. The van der Waals surface area contributed by atoms with Gasteiger partial charge in [-0.15, -0.1) is 89.0 Å². The van der Waals surface area contributed by atoms with E-state index < -0.39 is 0 Å². The largest absolute Gasteiger partial charge is 3.00 e. The second-order valence-corrected chi connectivity index (χ2v) is 18.0. The van der Waals surface area contributed by atoms with E-state index in [0.717, 1.165) is 81.6 Å². The summed E-state index contributed by atoms with van der Waals surface area (Å²) in [5.74, 6) is 1.51. The van der Waals surface area contributed by atoms with E-state index in [-0.39, 0.29) is 20.1 Å². The number of nitrogens with zero attached hydrogens (tertiary/aromatic N) is 5. The smallest absolute Gasteiger partial charge is 0.486 e. The number of pyridine rings is 3. The van der Waals surface area contributed by atoms with Crippen molar-refractivity contribution in [2.45, 2.75) is 85.0 Å². The van der Waals surface area contributed by atoms with Crippen LogP contribution in [0.5, 0.6) is 0 Å². The van der Waals surface area contributed by atoms with Gasteiger partial charge < -0.3 is 19.0 Å². The van der Waals surface area contributed by atoms with Crippen LogP contribution in [0.3, 0.4) is 0 Å². The van der Waals surface area contributed by atoms with Gasteiger partial charge in [-0.1, -0.05) is 80.6 Å². The number of fused-ring (bicyclic) bond motifs is 3. The Kier molecular flexibility index (Phi) is 13.8. The first-order chi connectivity index (χ1) is 30.6. The van der Waals surface area contributed by atoms with Crippen LogP contribution in [0.1, 0.15) is 84.5 Å². The summed E-state index contributed by atoms with van der Waals surface area (Å²) in [6.07, 6.45) is 16.9. The van der Waals surface area contributed by atoms with Crippen LogP contribution in [0.2, 0.25) is 0 Å². The summed E-state index contributed by atoms with van der Waals surface area (Å²) in [6.45, 7) is 8.90. The topological polar surface area (TPSA) is 69.6 Å². The molecule has 0 amide bonds. The SMILES string of the molecule is Cc1c[c-]c(-c2ccc(CCc3cc(CCc4c[c-]c(-c5ccccn5)cc4)cc(C4CCC(C)(C)CC4)c3)cn2)cc1.Cc1ccc2c(n1)oc1c(-c3nccn3C)[c-]ccc12.[Ir+3]. The zero-order valence-electron chi connectivity index (χ0n) is 37.4. The monoisotopic (exact) mass is 1020 g/mol. The molecule has 7 heteroatoms. The van der Waals surface area contributed by atoms with Gasteiger partial charge in [0, 0.05) is 42.9 Å². The number of hydrogen-bond donors (Lipinski definition) is 0. The maximum absolute atomic E-state index is 5.95. The van der Waals surface area contributed by atoms with E-state index in [0.29, 0.717) is 17.0 Å². The molecule has 0 saturated heterocycles. The predicted octanol–water partition coefficient (Wildman–Crippen LogP) is 13.5. The molecular formula is C57H54IrN5O. The molecule has 1 fully saturated rings. The van der Waals surface area contributed by atoms with E-state index in [1.165, 1.54) is 53.5 Å². The molecule has 9 aromatic rings. The first-order valence-electron chi connectivity index (χ1n) is 22.3. The molecule has 1 aliphatic carbocycles. The Morgan fingerprint density at radius 2 is 1.41 bits per heavy atom. The molecule has 322 valence electrons. The third-order valence-corrected chi connectivity index (χ3v) is 12.7. The average molecular weight is 1020 g/mol. The molecule has 10 rings (SSSR count). The molecular weight excluding hydrogens is 963 g/mol. The fourth-order valence-electron chi connectivity index (χ4n) is 8.80. The van der Waals surface area contributed by atoms with Crippen LogP contribution in [0, 0.1) is 37.5 Å². The van der Waals surface area contributed by atoms with E-state index in [4.69, 9.17) is 9.40 Å². The molecule has 5 heterocycles. The molecule has 6 nitrogen and oxygen atoms in total. The number of aryl methyl sites for hydroxylation is 7. The second kappa shape index (κ2) is 19.8. The standard InChI is InChI=1S/C41H42N2.C16H12N3O.Ir/c1-30-7-16-36(17-8-30)40-20-15-32(29-43-40)10-12-34-26-33(27-38(28-34)35-21-23-41(2,3)24-22-35)11-9-31-13-18-37(19-14-31)39-6-4-5-25-42-39;1-10-6-7-12-11-4-3-5-13(14(11)20-16(12)18-10)15-17-8-9-19(15)2;/h4-8,13-16,18,20,25-29,35H,9-12,21-24H2,1-3H3;3-4,6-9H,1-2H3;/q-2;-1;+3. The van der Waals surface area contributed by atoms with Crippen molar-refractivity contribution in [2.24, 2.45) is 12.5 Å². The summed E-state index contributed by atoms with van der Waals surface area (Å²) in [5, 5.41) is 2.07. The first-order valence-corrected chi connectivity index (χ1v) is 22.3. The minimum atomic E-state index is 0. The van der Waals surface area contributed by atoms with Crippen LogP contribution >= 0.6 is 0 Å². The van der Waals surface area contributed by atoms with Crippen LogP contribution in [0.4, 0.5) is 0 Å². The van der Waals surface area contributed by atoms with Gasteiger partial charge >= 0.3 is 20.1 Å². The van der Waals surface area contributed by atoms with Crippen molar-refractivity contribution >= 4 is 22.1 Å². The van der Waals surface area contributed by atoms with Gasteiger partial charge in [-0.3, -0.25) is 4.98 Å². The van der Waals surface area contributed by atoms with Gasteiger partial charge in [-0.2, -0.15) is 0 Å². The third kappa shape index (κ3) is 10.5. The van der Waals surface area contributed by atoms with Crippen molar-refractivity contribution in [3.63, 3.8) is 0 Å². The van der Waals surface area contributed by atoms with E-state index in [9.17, 15) is 0 Å². The molecule has 0 unspecified atom stereocenters. The summed E-state index contributed by atoms with van der Waals surface area (Å²) in [4.78, 5) is 18.1. The maximum atomic E-state index is 5.95. The molecule has 1 saturated carbocycles. The number of furan rings is 1. The molecule has 0 radical (unpaired) electrons. The minimum absolute atomic E-state index is 0. The summed E-state index contributed by atoms with van der Waals surface area (Å²) in [5.41, 5.74) is 16.1. The summed E-state index contributed by atoms with van der Waals surface area (Å²) >= 11 is 0. The van der Waals surface area contributed by atoms with Crippen molar-refractivity contribution in [3.8, 4) is 33.9 Å². The molecule has 0 atom stereocenters. The Labute approximate surface area is 391 Å². The van der Waals surface area contributed by atoms with Crippen molar-refractivity contribution in [1.82, 2.24) is 24.5 Å². The van der Waals surface area contributed by atoms with Gasteiger partial charge in [0.05, 0.1) is 11.4 Å². The Balaban J connectivity index is 0.000000222. The fraction of sp³-hybridized carbons (Fsp3) is 0.263. The van der Waals surface area contributed by atoms with Crippen LogP contribution in [-0.4, -0.2) is 24.5 Å². The number of rotatable bonds is 10. The minimum Gasteiger partial charge on any atom is -0.486 e. The Morgan fingerprint density at radius 1 is 0.688 bits per heavy atom. The van der Waals surface area contributed by atoms with E-state index >= 15 is 0 Å². The number of hydrogen-bond acceptors (Lipinski definition) is 5. The van der Waals surface area contributed by atoms with Gasteiger partial charge in [0.2, 0.25) is 5.71 Å². The normalized spacial score (nSPS) is 13.6. The molecule has 4 aromatic carbocycles. The quantitative estimate of drug-likeness (QED) is 0.128. The van der Waals surface area contributed by atoms with Crippen LogP contribution < -0.4 is 0 Å². The predicted molar refractivity (Wildman–Crippen MR) is 255 cm³/mol. The van der Waals surface area contributed by atoms with Gasteiger partial charge in [0.1, 0.15) is 0 Å². The van der Waals surface area contributed by atoms with E-state index in [2.05, 4.69) is 115 Å². The molecule has 0 aliphatic heterocycles. The van der Waals surface area contributed by atoms with Gasteiger partial charge in [0.15, 0.2) is 0 Å². The van der Waals surface area contributed by atoms with Crippen molar-refractivity contribution in [1.29, 1.82) is 0 Å². The average Bonchev–Trinajstić information content (AvgIpc) is 3.91. The molecule has 64 heavy (non-hydrogen) atoms. The number of aromatic nitrogens is 5. The Morgan fingerprint density at radius 3 is 2.06 bits per heavy atom. The summed E-state index contributed by atoms with van der Waals surface area (Å²) in [7, 11) is 1.96. The van der Waals surface area contributed by atoms with E-state index in [1.54, 1.807) is 11.8 Å². The van der Waals surface area contributed by atoms with E-state index in [1.807, 2.05) is 85.7 Å². The summed E-state index contributed by atoms with van der Waals surface area (Å²) < 4.78 is 7.90. The van der Waals surface area contributed by atoms with Crippen LogP contribution in [0.25, 0.3) is 56.0 Å². The first kappa shape index (κ1) is 44.6. The Hall–Kier alpha value is -6.01. The molecule has 0 spiro atoms. The van der Waals surface area contributed by atoms with Crippen molar-refractivity contribution in [2.75, 3.05) is 0 Å². The molecule has 5 aromatic heterocycles. The maximum Gasteiger partial charge on any atom is 3.00 e. The molecule has 0 bridgehead atoms. The van der Waals surface area contributed by atoms with Crippen molar-refractivity contribution < 1.29 is 24.5 Å². The molecule has 1 aliphatic rings. The zero-order chi connectivity index (χ0) is 43.3. The van der Waals surface area contributed by atoms with Crippen LogP contribution in [-0.2, 0) is 52.8 Å². The Bertz CT molecular complexity index is 2940. The van der Waals surface area contributed by atoms with Gasteiger partial charge in [-0.25, -0.2) is 4.98 Å². The fourth-order valence-corrected chi connectivity index (χ4v) is 8.80. The van der Waals surface area contributed by atoms with Gasteiger partial charge in [-0.05, 0) is 115 Å². The zero-order valence-corrected chi connectivity index (χ0v) is 39.8. The second-order valence-electron chi connectivity index (χ2n) is 18.0. The van der Waals surface area contributed by atoms with Gasteiger partial charge in [0.25, 0.3) is 0 Å².